The Morgan fingerprint density at radius 3 is 2.95 bits per heavy atom. The highest BCUT2D eigenvalue weighted by molar-refractivity contribution is 6.32. The summed E-state index contributed by atoms with van der Waals surface area (Å²) in [6.45, 7) is 6.85. The largest absolute Gasteiger partial charge is 0.488 e. The number of hydrogen-bond donors (Lipinski definition) is 2. The van der Waals surface area contributed by atoms with Gasteiger partial charge in [0.15, 0.2) is 6.10 Å². The molecule has 21 heavy (non-hydrogen) atoms. The summed E-state index contributed by atoms with van der Waals surface area (Å²) in [6.07, 6.45) is -0.665. The third-order valence-corrected chi connectivity index (χ3v) is 3.35. The van der Waals surface area contributed by atoms with E-state index < -0.39 is 6.09 Å². The molecule has 1 fully saturated rings. The number of halogens is 1. The van der Waals surface area contributed by atoms with E-state index in [0.29, 0.717) is 29.8 Å². The lowest BCUT2D eigenvalue weighted by atomic mass is 10.2. The van der Waals surface area contributed by atoms with Crippen molar-refractivity contribution in [3.05, 3.63) is 28.8 Å². The molecule has 1 aromatic rings. The van der Waals surface area contributed by atoms with E-state index in [2.05, 4.69) is 24.5 Å². The SMILES string of the molecule is CC(C)CNCc1ccc(OCC2CNC(=O)O2)c(Cl)c1. The summed E-state index contributed by atoms with van der Waals surface area (Å²) >= 11 is 6.21. The molecule has 1 amide bonds. The van der Waals surface area contributed by atoms with Crippen molar-refractivity contribution >= 4 is 17.7 Å². The number of ether oxygens (including phenoxy) is 2. The van der Waals surface area contributed by atoms with Gasteiger partial charge in [0.2, 0.25) is 0 Å². The predicted octanol–water partition coefficient (Wildman–Crippen LogP) is 2.57. The third kappa shape index (κ3) is 5.10. The number of cyclic esters (lactones) is 1. The fourth-order valence-electron chi connectivity index (χ4n) is 1.98. The fourth-order valence-corrected chi connectivity index (χ4v) is 2.24. The van der Waals surface area contributed by atoms with Crippen LogP contribution in [0, 0.1) is 5.92 Å². The standard InChI is InChI=1S/C15H21ClN2O3/c1-10(2)6-17-7-11-3-4-14(13(16)5-11)20-9-12-8-18-15(19)21-12/h3-5,10,12,17H,6-9H2,1-2H3,(H,18,19). The minimum atomic E-state index is -0.402. The second-order valence-corrected chi connectivity index (χ2v) is 5.92. The molecule has 1 aliphatic heterocycles. The van der Waals surface area contributed by atoms with Crippen LogP contribution in [0.2, 0.25) is 5.02 Å². The minimum Gasteiger partial charge on any atom is -0.488 e. The number of nitrogens with one attached hydrogen (secondary N) is 2. The molecule has 1 atom stereocenters. The number of rotatable bonds is 7. The van der Waals surface area contributed by atoms with E-state index in [1.807, 2.05) is 18.2 Å². The Balaban J connectivity index is 1.82. The van der Waals surface area contributed by atoms with Gasteiger partial charge in [0.1, 0.15) is 12.4 Å². The number of carbonyl (C=O) groups is 1. The van der Waals surface area contributed by atoms with Crippen LogP contribution in [0.3, 0.4) is 0 Å². The smallest absolute Gasteiger partial charge is 0.407 e. The molecular weight excluding hydrogens is 292 g/mol. The summed E-state index contributed by atoms with van der Waals surface area (Å²) in [7, 11) is 0. The molecule has 2 rings (SSSR count). The Kier molecular flexibility index (Phi) is 5.70. The molecule has 116 valence electrons. The van der Waals surface area contributed by atoms with Crippen molar-refractivity contribution in [3.8, 4) is 5.75 Å². The first-order chi connectivity index (χ1) is 10.0. The lowest BCUT2D eigenvalue weighted by Gasteiger charge is -2.13. The van der Waals surface area contributed by atoms with Crippen LogP contribution in [0.4, 0.5) is 4.79 Å². The minimum absolute atomic E-state index is 0.263. The van der Waals surface area contributed by atoms with Gasteiger partial charge < -0.3 is 20.1 Å². The second kappa shape index (κ2) is 7.52. The van der Waals surface area contributed by atoms with E-state index in [1.54, 1.807) is 0 Å². The number of alkyl carbamates (subject to hydrolysis) is 1. The zero-order chi connectivity index (χ0) is 15.2. The molecular formula is C15H21ClN2O3. The number of amides is 1. The maximum absolute atomic E-state index is 10.9. The van der Waals surface area contributed by atoms with Crippen LogP contribution in [-0.4, -0.2) is 31.9 Å². The van der Waals surface area contributed by atoms with Crippen LogP contribution in [0.5, 0.6) is 5.75 Å². The summed E-state index contributed by atoms with van der Waals surface area (Å²) < 4.78 is 10.6. The van der Waals surface area contributed by atoms with Gasteiger partial charge in [0, 0.05) is 6.54 Å². The third-order valence-electron chi connectivity index (χ3n) is 3.05. The van der Waals surface area contributed by atoms with Crippen molar-refractivity contribution < 1.29 is 14.3 Å². The number of carbonyl (C=O) groups excluding carboxylic acids is 1. The fraction of sp³-hybridized carbons (Fsp3) is 0.533. The highest BCUT2D eigenvalue weighted by atomic mass is 35.5. The molecule has 2 N–H and O–H groups in total. The van der Waals surface area contributed by atoms with Crippen LogP contribution in [-0.2, 0) is 11.3 Å². The molecule has 6 heteroatoms. The van der Waals surface area contributed by atoms with Crippen molar-refractivity contribution in [2.24, 2.45) is 5.92 Å². The Morgan fingerprint density at radius 1 is 1.52 bits per heavy atom. The van der Waals surface area contributed by atoms with E-state index in [0.717, 1.165) is 18.7 Å². The number of hydrogen-bond acceptors (Lipinski definition) is 4. The van der Waals surface area contributed by atoms with Crippen molar-refractivity contribution in [1.29, 1.82) is 0 Å². The monoisotopic (exact) mass is 312 g/mol. The van der Waals surface area contributed by atoms with Crippen LogP contribution >= 0.6 is 11.6 Å². The molecule has 0 aliphatic carbocycles. The Morgan fingerprint density at radius 2 is 2.33 bits per heavy atom. The van der Waals surface area contributed by atoms with Crippen LogP contribution in [0.1, 0.15) is 19.4 Å². The zero-order valence-corrected chi connectivity index (χ0v) is 13.1. The van der Waals surface area contributed by atoms with E-state index in [4.69, 9.17) is 21.1 Å². The first-order valence-electron chi connectivity index (χ1n) is 7.11. The maximum Gasteiger partial charge on any atom is 0.407 e. The molecule has 0 aromatic heterocycles. The van der Waals surface area contributed by atoms with E-state index in [1.165, 1.54) is 0 Å². The lowest BCUT2D eigenvalue weighted by molar-refractivity contribution is 0.105. The molecule has 0 spiro atoms. The maximum atomic E-state index is 10.9. The van der Waals surface area contributed by atoms with Gasteiger partial charge in [-0.15, -0.1) is 0 Å². The molecule has 0 saturated carbocycles. The molecule has 1 aromatic carbocycles. The summed E-state index contributed by atoms with van der Waals surface area (Å²) in [5.41, 5.74) is 1.11. The summed E-state index contributed by atoms with van der Waals surface area (Å²) in [6, 6.07) is 5.72. The van der Waals surface area contributed by atoms with Gasteiger partial charge in [-0.3, -0.25) is 0 Å². The molecule has 5 nitrogen and oxygen atoms in total. The van der Waals surface area contributed by atoms with Crippen molar-refractivity contribution in [2.75, 3.05) is 19.7 Å². The molecule has 1 heterocycles. The summed E-state index contributed by atoms with van der Waals surface area (Å²) in [4.78, 5) is 10.9. The molecule has 0 bridgehead atoms. The molecule has 0 radical (unpaired) electrons. The zero-order valence-electron chi connectivity index (χ0n) is 12.3. The normalized spacial score (nSPS) is 17.7. The Bertz CT molecular complexity index is 494. The van der Waals surface area contributed by atoms with Crippen molar-refractivity contribution in [3.63, 3.8) is 0 Å². The van der Waals surface area contributed by atoms with Crippen LogP contribution < -0.4 is 15.4 Å². The van der Waals surface area contributed by atoms with Crippen LogP contribution in [0.15, 0.2) is 18.2 Å². The molecule has 1 aliphatic rings. The second-order valence-electron chi connectivity index (χ2n) is 5.51. The summed E-state index contributed by atoms with van der Waals surface area (Å²) in [5.74, 6) is 1.22. The Hall–Kier alpha value is -1.46. The highest BCUT2D eigenvalue weighted by Crippen LogP contribution is 2.25. The van der Waals surface area contributed by atoms with Crippen molar-refractivity contribution in [1.82, 2.24) is 10.6 Å². The average Bonchev–Trinajstić information content (AvgIpc) is 2.83. The topological polar surface area (TPSA) is 59.6 Å². The van der Waals surface area contributed by atoms with Crippen LogP contribution in [0.25, 0.3) is 0 Å². The van der Waals surface area contributed by atoms with Gasteiger partial charge in [0.25, 0.3) is 0 Å². The first kappa shape index (κ1) is 15.9. The number of benzene rings is 1. The van der Waals surface area contributed by atoms with Gasteiger partial charge in [-0.25, -0.2) is 4.79 Å². The average molecular weight is 313 g/mol. The van der Waals surface area contributed by atoms with Gasteiger partial charge in [-0.1, -0.05) is 31.5 Å². The highest BCUT2D eigenvalue weighted by Gasteiger charge is 2.23. The molecule has 1 saturated heterocycles. The molecule has 1 unspecified atom stereocenters. The summed E-state index contributed by atoms with van der Waals surface area (Å²) in [5, 5.41) is 6.51. The van der Waals surface area contributed by atoms with Gasteiger partial charge in [0.05, 0.1) is 11.6 Å². The predicted molar refractivity (Wildman–Crippen MR) is 81.8 cm³/mol. The van der Waals surface area contributed by atoms with Crippen molar-refractivity contribution in [2.45, 2.75) is 26.5 Å². The van der Waals surface area contributed by atoms with E-state index in [9.17, 15) is 4.79 Å². The lowest BCUT2D eigenvalue weighted by Crippen LogP contribution is -2.22. The van der Waals surface area contributed by atoms with E-state index in [-0.39, 0.29) is 6.10 Å². The van der Waals surface area contributed by atoms with E-state index >= 15 is 0 Å². The Labute approximate surface area is 130 Å². The van der Waals surface area contributed by atoms with Gasteiger partial charge in [-0.05, 0) is 30.2 Å². The quantitative estimate of drug-likeness (QED) is 0.812. The first-order valence-corrected chi connectivity index (χ1v) is 7.49. The van der Waals surface area contributed by atoms with Gasteiger partial charge in [-0.2, -0.15) is 0 Å². The van der Waals surface area contributed by atoms with Gasteiger partial charge >= 0.3 is 6.09 Å².